The summed E-state index contributed by atoms with van der Waals surface area (Å²) in [5, 5.41) is 0. The van der Waals surface area contributed by atoms with Gasteiger partial charge in [-0.25, -0.2) is 0 Å². The van der Waals surface area contributed by atoms with Gasteiger partial charge in [-0.1, -0.05) is 22.9 Å². The summed E-state index contributed by atoms with van der Waals surface area (Å²) in [6.45, 7) is 3.99. The molecule has 102 valence electrons. The van der Waals surface area contributed by atoms with Crippen LogP contribution in [0.2, 0.25) is 0 Å². The van der Waals surface area contributed by atoms with Gasteiger partial charge in [0.25, 0.3) is 5.91 Å². The molecule has 0 saturated carbocycles. The highest BCUT2D eigenvalue weighted by Gasteiger charge is 2.28. The molecule has 0 radical (unpaired) electrons. The number of hydrogen-bond acceptors (Lipinski definition) is 3. The Labute approximate surface area is 120 Å². The summed E-state index contributed by atoms with van der Waals surface area (Å²) < 4.78 is 10.6. The molecule has 1 aromatic carbocycles. The van der Waals surface area contributed by atoms with Crippen molar-refractivity contribution in [2.24, 2.45) is 5.92 Å². The van der Waals surface area contributed by atoms with Crippen LogP contribution in [0.3, 0.4) is 0 Å². The molecule has 0 aliphatic carbocycles. The first-order chi connectivity index (χ1) is 9.15. The summed E-state index contributed by atoms with van der Waals surface area (Å²) >= 11 is 3.65. The minimum absolute atomic E-state index is 0.0737. The molecule has 2 atom stereocenters. The van der Waals surface area contributed by atoms with E-state index in [4.69, 9.17) is 9.47 Å². The molecule has 5 heteroatoms. The van der Waals surface area contributed by atoms with Crippen LogP contribution in [0.1, 0.15) is 23.7 Å². The van der Waals surface area contributed by atoms with Gasteiger partial charge in [-0.15, -0.1) is 0 Å². The first-order valence-electron chi connectivity index (χ1n) is 6.48. The minimum atomic E-state index is 0.0737. The molecular formula is C14H16BrNO3. The SMILES string of the molecule is CC1CN(C(=O)c2ccc3c(c2)OCO3)CCC1Br. The molecule has 0 aromatic heterocycles. The van der Waals surface area contributed by atoms with Crippen molar-refractivity contribution < 1.29 is 14.3 Å². The molecule has 2 aliphatic rings. The van der Waals surface area contributed by atoms with Gasteiger partial charge >= 0.3 is 0 Å². The summed E-state index contributed by atoms with van der Waals surface area (Å²) in [6.07, 6.45) is 0.997. The van der Waals surface area contributed by atoms with E-state index in [0.29, 0.717) is 27.8 Å². The van der Waals surface area contributed by atoms with E-state index < -0.39 is 0 Å². The maximum Gasteiger partial charge on any atom is 0.254 e. The lowest BCUT2D eigenvalue weighted by Gasteiger charge is -2.34. The highest BCUT2D eigenvalue weighted by molar-refractivity contribution is 9.09. The van der Waals surface area contributed by atoms with Crippen molar-refractivity contribution in [3.8, 4) is 11.5 Å². The topological polar surface area (TPSA) is 38.8 Å². The summed E-state index contributed by atoms with van der Waals surface area (Å²) in [5.74, 6) is 1.93. The number of hydrogen-bond donors (Lipinski definition) is 0. The molecular weight excluding hydrogens is 310 g/mol. The number of piperidine rings is 1. The van der Waals surface area contributed by atoms with Gasteiger partial charge in [0.15, 0.2) is 11.5 Å². The van der Waals surface area contributed by atoms with Crippen molar-refractivity contribution in [3.05, 3.63) is 23.8 Å². The van der Waals surface area contributed by atoms with E-state index in [0.717, 1.165) is 19.5 Å². The number of likely N-dealkylation sites (tertiary alicyclic amines) is 1. The molecule has 1 aromatic rings. The zero-order valence-electron chi connectivity index (χ0n) is 10.8. The van der Waals surface area contributed by atoms with Crippen molar-refractivity contribution in [1.82, 2.24) is 4.90 Å². The molecule has 19 heavy (non-hydrogen) atoms. The van der Waals surface area contributed by atoms with Gasteiger partial charge in [0.2, 0.25) is 6.79 Å². The van der Waals surface area contributed by atoms with Crippen molar-refractivity contribution in [3.63, 3.8) is 0 Å². The predicted molar refractivity (Wildman–Crippen MR) is 75.0 cm³/mol. The van der Waals surface area contributed by atoms with Gasteiger partial charge in [-0.3, -0.25) is 4.79 Å². The van der Waals surface area contributed by atoms with E-state index in [1.54, 1.807) is 18.2 Å². The number of nitrogens with zero attached hydrogens (tertiary/aromatic N) is 1. The van der Waals surface area contributed by atoms with Crippen LogP contribution in [0.4, 0.5) is 0 Å². The fourth-order valence-corrected chi connectivity index (χ4v) is 2.89. The van der Waals surface area contributed by atoms with Crippen LogP contribution in [0.5, 0.6) is 11.5 Å². The van der Waals surface area contributed by atoms with Crippen LogP contribution >= 0.6 is 15.9 Å². The monoisotopic (exact) mass is 325 g/mol. The average molecular weight is 326 g/mol. The van der Waals surface area contributed by atoms with E-state index in [1.165, 1.54) is 0 Å². The Morgan fingerprint density at radius 1 is 1.37 bits per heavy atom. The quantitative estimate of drug-likeness (QED) is 0.745. The second kappa shape index (κ2) is 5.04. The Hall–Kier alpha value is -1.23. The number of halogens is 1. The fourth-order valence-electron chi connectivity index (χ4n) is 2.51. The number of fused-ring (bicyclic) bond motifs is 1. The zero-order valence-corrected chi connectivity index (χ0v) is 12.4. The molecule has 1 saturated heterocycles. The number of carbonyl (C=O) groups excluding carboxylic acids is 1. The van der Waals surface area contributed by atoms with Crippen LogP contribution in [0, 0.1) is 5.92 Å². The highest BCUT2D eigenvalue weighted by atomic mass is 79.9. The van der Waals surface area contributed by atoms with Crippen LogP contribution in [0.25, 0.3) is 0 Å². The summed E-state index contributed by atoms with van der Waals surface area (Å²) in [4.78, 5) is 14.9. The summed E-state index contributed by atoms with van der Waals surface area (Å²) in [6, 6.07) is 5.38. The van der Waals surface area contributed by atoms with E-state index >= 15 is 0 Å². The minimum Gasteiger partial charge on any atom is -0.454 e. The Balaban J connectivity index is 1.77. The number of carbonyl (C=O) groups is 1. The van der Waals surface area contributed by atoms with Crippen LogP contribution < -0.4 is 9.47 Å². The van der Waals surface area contributed by atoms with Crippen molar-refractivity contribution in [2.75, 3.05) is 19.9 Å². The normalized spacial score (nSPS) is 25.5. The Morgan fingerprint density at radius 3 is 2.95 bits per heavy atom. The Bertz CT molecular complexity index is 505. The lowest BCUT2D eigenvalue weighted by atomic mass is 9.99. The van der Waals surface area contributed by atoms with Gasteiger partial charge < -0.3 is 14.4 Å². The van der Waals surface area contributed by atoms with E-state index in [2.05, 4.69) is 22.9 Å². The van der Waals surface area contributed by atoms with Gasteiger partial charge in [0.1, 0.15) is 0 Å². The molecule has 1 amide bonds. The summed E-state index contributed by atoms with van der Waals surface area (Å²) in [7, 11) is 0. The molecule has 0 bridgehead atoms. The van der Waals surface area contributed by atoms with Crippen molar-refractivity contribution in [1.29, 1.82) is 0 Å². The third-order valence-corrected chi connectivity index (χ3v) is 5.07. The van der Waals surface area contributed by atoms with Gasteiger partial charge in [-0.2, -0.15) is 0 Å². The molecule has 1 fully saturated rings. The van der Waals surface area contributed by atoms with Crippen LogP contribution in [-0.4, -0.2) is 35.5 Å². The largest absolute Gasteiger partial charge is 0.454 e. The lowest BCUT2D eigenvalue weighted by Crippen LogP contribution is -2.43. The standard InChI is InChI=1S/C14H16BrNO3/c1-9-7-16(5-4-11(9)15)14(17)10-2-3-12-13(6-10)19-8-18-12/h2-3,6,9,11H,4-5,7-8H2,1H3. The fraction of sp³-hybridized carbons (Fsp3) is 0.500. The third kappa shape index (κ3) is 2.43. The molecule has 2 aliphatic heterocycles. The molecule has 2 heterocycles. The Kier molecular flexibility index (Phi) is 3.39. The number of rotatable bonds is 1. The second-order valence-corrected chi connectivity index (χ2v) is 6.28. The average Bonchev–Trinajstić information content (AvgIpc) is 2.88. The Morgan fingerprint density at radius 2 is 2.16 bits per heavy atom. The zero-order chi connectivity index (χ0) is 13.4. The number of ether oxygens (including phenoxy) is 2. The molecule has 2 unspecified atom stereocenters. The molecule has 0 N–H and O–H groups in total. The second-order valence-electron chi connectivity index (χ2n) is 5.10. The maximum absolute atomic E-state index is 12.5. The first kappa shape index (κ1) is 12.8. The van der Waals surface area contributed by atoms with E-state index in [-0.39, 0.29) is 12.7 Å². The number of alkyl halides is 1. The maximum atomic E-state index is 12.5. The number of benzene rings is 1. The number of amides is 1. The van der Waals surface area contributed by atoms with Crippen LogP contribution in [0.15, 0.2) is 18.2 Å². The summed E-state index contributed by atoms with van der Waals surface area (Å²) in [5.41, 5.74) is 0.671. The van der Waals surface area contributed by atoms with Crippen molar-refractivity contribution >= 4 is 21.8 Å². The van der Waals surface area contributed by atoms with E-state index in [9.17, 15) is 4.79 Å². The lowest BCUT2D eigenvalue weighted by molar-refractivity contribution is 0.0690. The molecule has 0 spiro atoms. The predicted octanol–water partition coefficient (Wildman–Crippen LogP) is 2.66. The van der Waals surface area contributed by atoms with Gasteiger partial charge in [0.05, 0.1) is 0 Å². The first-order valence-corrected chi connectivity index (χ1v) is 7.39. The smallest absolute Gasteiger partial charge is 0.254 e. The van der Waals surface area contributed by atoms with Gasteiger partial charge in [0, 0.05) is 23.5 Å². The van der Waals surface area contributed by atoms with Crippen molar-refractivity contribution in [2.45, 2.75) is 18.2 Å². The van der Waals surface area contributed by atoms with Gasteiger partial charge in [-0.05, 0) is 30.5 Å². The highest BCUT2D eigenvalue weighted by Crippen LogP contribution is 2.33. The molecule has 4 nitrogen and oxygen atoms in total. The van der Waals surface area contributed by atoms with Crippen LogP contribution in [-0.2, 0) is 0 Å². The third-order valence-electron chi connectivity index (χ3n) is 3.71. The molecule has 3 rings (SSSR count). The van der Waals surface area contributed by atoms with E-state index in [1.807, 2.05) is 4.90 Å².